The van der Waals surface area contributed by atoms with E-state index in [1.54, 1.807) is 0 Å². The monoisotopic (exact) mass is 377 g/mol. The van der Waals surface area contributed by atoms with Crippen LogP contribution in [0.4, 0.5) is 0 Å². The number of para-hydroxylation sites is 1. The number of rotatable bonds is 5. The summed E-state index contributed by atoms with van der Waals surface area (Å²) in [6, 6.07) is 15.0. The number of benzene rings is 1. The van der Waals surface area contributed by atoms with Gasteiger partial charge in [0.1, 0.15) is 5.82 Å². The second-order valence-electron chi connectivity index (χ2n) is 7.48. The topological polar surface area (TPSA) is 38.9 Å². The number of hydrogen-bond donors (Lipinski definition) is 0. The Hall–Kier alpha value is -2.31. The zero-order chi connectivity index (χ0) is 18.2. The fraction of sp³-hybridized carbons (Fsp3) is 0.381. The molecular formula is C21H23N5S. The van der Waals surface area contributed by atoms with Crippen molar-refractivity contribution in [1.82, 2.24) is 24.2 Å². The largest absolute Gasteiger partial charge is 0.277 e. The van der Waals surface area contributed by atoms with E-state index in [0.29, 0.717) is 12.0 Å². The Bertz CT molecular complexity index is 975. The van der Waals surface area contributed by atoms with Crippen LogP contribution in [0, 0.1) is 4.77 Å². The van der Waals surface area contributed by atoms with E-state index >= 15 is 0 Å². The van der Waals surface area contributed by atoms with Crippen molar-refractivity contribution in [3.8, 4) is 5.69 Å². The molecule has 3 heterocycles. The van der Waals surface area contributed by atoms with Crippen molar-refractivity contribution in [1.29, 1.82) is 0 Å². The molecule has 5 rings (SSSR count). The Kier molecular flexibility index (Phi) is 4.38. The molecule has 3 aromatic rings. The first-order chi connectivity index (χ1) is 13.3. The number of nitrogens with zero attached hydrogens (tertiary/aromatic N) is 5. The second-order valence-corrected chi connectivity index (χ2v) is 7.85. The summed E-state index contributed by atoms with van der Waals surface area (Å²) in [5.41, 5.74) is 2.40. The van der Waals surface area contributed by atoms with Crippen molar-refractivity contribution in [2.75, 3.05) is 6.54 Å². The van der Waals surface area contributed by atoms with Crippen molar-refractivity contribution in [3.05, 3.63) is 71.0 Å². The average molecular weight is 378 g/mol. The first-order valence-corrected chi connectivity index (χ1v) is 10.1. The van der Waals surface area contributed by atoms with Gasteiger partial charge in [-0.3, -0.25) is 14.5 Å². The first kappa shape index (κ1) is 16.8. The van der Waals surface area contributed by atoms with Crippen molar-refractivity contribution in [3.63, 3.8) is 0 Å². The van der Waals surface area contributed by atoms with Crippen LogP contribution in [-0.2, 0) is 6.67 Å². The van der Waals surface area contributed by atoms with E-state index in [-0.39, 0.29) is 0 Å². The third kappa shape index (κ3) is 3.24. The molecule has 138 valence electrons. The molecule has 0 radical (unpaired) electrons. The molecule has 0 N–H and O–H groups in total. The Labute approximate surface area is 164 Å². The van der Waals surface area contributed by atoms with Crippen molar-refractivity contribution >= 4 is 12.2 Å². The van der Waals surface area contributed by atoms with Gasteiger partial charge in [-0.1, -0.05) is 24.3 Å². The first-order valence-electron chi connectivity index (χ1n) is 9.70. The predicted molar refractivity (Wildman–Crippen MR) is 107 cm³/mol. The predicted octanol–water partition coefficient (Wildman–Crippen LogP) is 4.47. The van der Waals surface area contributed by atoms with Crippen LogP contribution in [0.5, 0.6) is 0 Å². The molecule has 2 fully saturated rings. The summed E-state index contributed by atoms with van der Waals surface area (Å²) in [4.78, 5) is 6.78. The van der Waals surface area contributed by atoms with Crippen LogP contribution < -0.4 is 0 Å². The van der Waals surface area contributed by atoms with Gasteiger partial charge in [0, 0.05) is 36.6 Å². The third-order valence-electron chi connectivity index (χ3n) is 5.57. The zero-order valence-electron chi connectivity index (χ0n) is 15.2. The van der Waals surface area contributed by atoms with Crippen LogP contribution in [0.3, 0.4) is 0 Å². The maximum atomic E-state index is 5.86. The van der Waals surface area contributed by atoms with E-state index in [4.69, 9.17) is 17.3 Å². The van der Waals surface area contributed by atoms with E-state index in [0.717, 1.165) is 35.9 Å². The molecule has 1 saturated heterocycles. The molecular weight excluding hydrogens is 354 g/mol. The normalized spacial score (nSPS) is 20.2. The summed E-state index contributed by atoms with van der Waals surface area (Å²) in [5.74, 6) is 1.66. The summed E-state index contributed by atoms with van der Waals surface area (Å²) >= 11 is 5.86. The highest BCUT2D eigenvalue weighted by Gasteiger charge is 2.32. The second kappa shape index (κ2) is 7.02. The molecule has 2 aromatic heterocycles. The maximum Gasteiger partial charge on any atom is 0.203 e. The van der Waals surface area contributed by atoms with Crippen molar-refractivity contribution < 1.29 is 0 Å². The molecule has 0 spiro atoms. The maximum absolute atomic E-state index is 5.86. The molecule has 1 aliphatic heterocycles. The van der Waals surface area contributed by atoms with Gasteiger partial charge in [0.2, 0.25) is 4.77 Å². The van der Waals surface area contributed by atoms with E-state index in [1.165, 1.54) is 24.8 Å². The van der Waals surface area contributed by atoms with Gasteiger partial charge in [-0.05, 0) is 61.7 Å². The smallest absolute Gasteiger partial charge is 0.203 e. The van der Waals surface area contributed by atoms with Gasteiger partial charge in [0.05, 0.1) is 6.67 Å². The minimum absolute atomic E-state index is 0.395. The molecule has 1 unspecified atom stereocenters. The molecule has 1 aromatic carbocycles. The Morgan fingerprint density at radius 2 is 1.89 bits per heavy atom. The molecule has 1 aliphatic carbocycles. The van der Waals surface area contributed by atoms with Crippen LogP contribution in [0.15, 0.2) is 54.9 Å². The summed E-state index contributed by atoms with van der Waals surface area (Å²) in [7, 11) is 0. The van der Waals surface area contributed by atoms with Gasteiger partial charge in [-0.15, -0.1) is 0 Å². The molecule has 1 atom stereocenters. The Morgan fingerprint density at radius 3 is 2.63 bits per heavy atom. The van der Waals surface area contributed by atoms with E-state index in [1.807, 2.05) is 29.2 Å². The van der Waals surface area contributed by atoms with Crippen LogP contribution in [0.1, 0.15) is 49.0 Å². The lowest BCUT2D eigenvalue weighted by Crippen LogP contribution is -2.27. The summed E-state index contributed by atoms with van der Waals surface area (Å²) in [5, 5.41) is 4.96. The average Bonchev–Trinajstić information content (AvgIpc) is 3.37. The van der Waals surface area contributed by atoms with Gasteiger partial charge in [-0.25, -0.2) is 4.68 Å². The summed E-state index contributed by atoms with van der Waals surface area (Å²) in [6.07, 6.45) is 8.60. The van der Waals surface area contributed by atoms with Crippen molar-refractivity contribution in [2.24, 2.45) is 0 Å². The van der Waals surface area contributed by atoms with E-state index in [9.17, 15) is 0 Å². The van der Waals surface area contributed by atoms with Crippen LogP contribution in [0.25, 0.3) is 5.69 Å². The molecule has 0 bridgehead atoms. The molecule has 2 aliphatic rings. The van der Waals surface area contributed by atoms with Gasteiger partial charge in [-0.2, -0.15) is 5.10 Å². The SMILES string of the molecule is S=c1n(CN2CCCC2c2cccnc2)nc(C2CC2)n1-c1ccccc1. The quantitative estimate of drug-likeness (QED) is 0.615. The molecule has 1 saturated carbocycles. The fourth-order valence-corrected chi connectivity index (χ4v) is 4.36. The number of pyridine rings is 1. The number of aromatic nitrogens is 4. The van der Waals surface area contributed by atoms with Gasteiger partial charge in [0.15, 0.2) is 0 Å². The minimum atomic E-state index is 0.395. The number of hydrogen-bond acceptors (Lipinski definition) is 4. The fourth-order valence-electron chi connectivity index (χ4n) is 4.06. The van der Waals surface area contributed by atoms with Crippen LogP contribution >= 0.6 is 12.2 Å². The lowest BCUT2D eigenvalue weighted by atomic mass is 10.1. The molecule has 6 heteroatoms. The Balaban J connectivity index is 1.48. The highest BCUT2D eigenvalue weighted by Crippen LogP contribution is 2.40. The molecule has 5 nitrogen and oxygen atoms in total. The summed E-state index contributed by atoms with van der Waals surface area (Å²) < 4.78 is 4.98. The van der Waals surface area contributed by atoms with Gasteiger partial charge >= 0.3 is 0 Å². The highest BCUT2D eigenvalue weighted by atomic mass is 32.1. The van der Waals surface area contributed by atoms with Gasteiger partial charge in [0.25, 0.3) is 0 Å². The van der Waals surface area contributed by atoms with Crippen molar-refractivity contribution in [2.45, 2.75) is 44.3 Å². The lowest BCUT2D eigenvalue weighted by Gasteiger charge is -2.24. The molecule has 27 heavy (non-hydrogen) atoms. The minimum Gasteiger partial charge on any atom is -0.277 e. The standard InChI is InChI=1S/C21H23N5S/c27-21-25(15-24-13-5-9-19(24)17-6-4-12-22-14-17)23-20(16-10-11-16)26(21)18-7-2-1-3-8-18/h1-4,6-8,12,14,16,19H,5,9-11,13,15H2. The summed E-state index contributed by atoms with van der Waals surface area (Å²) in [6.45, 7) is 1.80. The van der Waals surface area contributed by atoms with E-state index < -0.39 is 0 Å². The lowest BCUT2D eigenvalue weighted by molar-refractivity contribution is 0.189. The highest BCUT2D eigenvalue weighted by molar-refractivity contribution is 7.71. The molecule has 0 amide bonds. The third-order valence-corrected chi connectivity index (χ3v) is 5.96. The Morgan fingerprint density at radius 1 is 1.04 bits per heavy atom. The van der Waals surface area contributed by atoms with E-state index in [2.05, 4.69) is 44.8 Å². The zero-order valence-corrected chi connectivity index (χ0v) is 16.1. The van der Waals surface area contributed by atoms with Crippen LogP contribution in [-0.4, -0.2) is 30.8 Å². The van der Waals surface area contributed by atoms with Crippen LogP contribution in [0.2, 0.25) is 0 Å². The number of likely N-dealkylation sites (tertiary alicyclic amines) is 1. The van der Waals surface area contributed by atoms with Gasteiger partial charge < -0.3 is 0 Å².